The zero-order valence-electron chi connectivity index (χ0n) is 6.86. The number of nitrogens with zero attached hydrogens (tertiary/aromatic N) is 2. The van der Waals surface area contributed by atoms with Gasteiger partial charge in [-0.1, -0.05) is 0 Å². The molecule has 0 heterocycles. The van der Waals surface area contributed by atoms with Crippen LogP contribution in [0.1, 0.15) is 20.3 Å². The number of nitriles is 1. The van der Waals surface area contributed by atoms with Crippen LogP contribution < -0.4 is 0 Å². The fourth-order valence-corrected chi connectivity index (χ4v) is 0.865. The molecule has 4 heteroatoms. The third kappa shape index (κ3) is 3.94. The standard InChI is InChI=1S/C7H14N2O2/c1-6(10)9(7(2)11)5-3-4-8/h6-7,10-11H,3,5H2,1-2H3. The van der Waals surface area contributed by atoms with Crippen molar-refractivity contribution in [3.63, 3.8) is 0 Å². The molecule has 0 saturated heterocycles. The van der Waals surface area contributed by atoms with Crippen molar-refractivity contribution in [1.29, 1.82) is 5.26 Å². The lowest BCUT2D eigenvalue weighted by atomic mass is 10.3. The first-order chi connectivity index (χ1) is 5.09. The summed E-state index contributed by atoms with van der Waals surface area (Å²) in [4.78, 5) is 1.43. The van der Waals surface area contributed by atoms with E-state index < -0.39 is 12.5 Å². The Morgan fingerprint density at radius 2 is 1.82 bits per heavy atom. The predicted octanol–water partition coefficient (Wildman–Crippen LogP) is -0.121. The van der Waals surface area contributed by atoms with Crippen LogP contribution >= 0.6 is 0 Å². The van der Waals surface area contributed by atoms with E-state index >= 15 is 0 Å². The van der Waals surface area contributed by atoms with Crippen molar-refractivity contribution in [2.75, 3.05) is 6.54 Å². The van der Waals surface area contributed by atoms with Gasteiger partial charge in [-0.3, -0.25) is 4.90 Å². The minimum absolute atomic E-state index is 0.315. The maximum atomic E-state index is 9.07. The molecule has 0 aromatic carbocycles. The Hall–Kier alpha value is -0.630. The molecule has 64 valence electrons. The summed E-state index contributed by atoms with van der Waals surface area (Å²) in [7, 11) is 0. The zero-order valence-corrected chi connectivity index (χ0v) is 6.86. The van der Waals surface area contributed by atoms with E-state index in [1.54, 1.807) is 13.8 Å². The molecule has 0 bridgehead atoms. The van der Waals surface area contributed by atoms with E-state index in [-0.39, 0.29) is 0 Å². The summed E-state index contributed by atoms with van der Waals surface area (Å²) in [6.45, 7) is 3.51. The summed E-state index contributed by atoms with van der Waals surface area (Å²) in [5, 5.41) is 26.4. The Labute approximate surface area is 66.7 Å². The maximum Gasteiger partial charge on any atom is 0.106 e. The molecular formula is C7H14N2O2. The van der Waals surface area contributed by atoms with E-state index in [1.165, 1.54) is 4.90 Å². The van der Waals surface area contributed by atoms with Crippen LogP contribution in [0.2, 0.25) is 0 Å². The van der Waals surface area contributed by atoms with Gasteiger partial charge in [0, 0.05) is 13.0 Å². The molecule has 2 unspecified atom stereocenters. The SMILES string of the molecule is CC(O)N(CCC#N)C(C)O. The van der Waals surface area contributed by atoms with E-state index in [0.717, 1.165) is 0 Å². The second-order valence-corrected chi connectivity index (χ2v) is 2.41. The van der Waals surface area contributed by atoms with Crippen molar-refractivity contribution >= 4 is 0 Å². The predicted molar refractivity (Wildman–Crippen MR) is 40.3 cm³/mol. The first-order valence-corrected chi connectivity index (χ1v) is 3.58. The van der Waals surface area contributed by atoms with Gasteiger partial charge in [-0.25, -0.2) is 0 Å². The zero-order chi connectivity index (χ0) is 8.85. The molecule has 2 atom stereocenters. The van der Waals surface area contributed by atoms with Crippen LogP contribution in [0, 0.1) is 11.3 Å². The quantitative estimate of drug-likeness (QED) is 0.560. The van der Waals surface area contributed by atoms with Gasteiger partial charge in [-0.05, 0) is 13.8 Å². The van der Waals surface area contributed by atoms with Gasteiger partial charge in [0.05, 0.1) is 6.07 Å². The van der Waals surface area contributed by atoms with Crippen molar-refractivity contribution < 1.29 is 10.2 Å². The highest BCUT2D eigenvalue weighted by atomic mass is 16.3. The summed E-state index contributed by atoms with van der Waals surface area (Å²) >= 11 is 0. The Balaban J connectivity index is 3.82. The van der Waals surface area contributed by atoms with Gasteiger partial charge in [0.2, 0.25) is 0 Å². The minimum atomic E-state index is -0.705. The Morgan fingerprint density at radius 3 is 2.09 bits per heavy atom. The number of rotatable bonds is 4. The lowest BCUT2D eigenvalue weighted by molar-refractivity contribution is -0.0825. The largest absolute Gasteiger partial charge is 0.379 e. The second kappa shape index (κ2) is 5.08. The van der Waals surface area contributed by atoms with Gasteiger partial charge in [-0.15, -0.1) is 0 Å². The molecule has 0 radical (unpaired) electrons. The summed E-state index contributed by atoms with van der Waals surface area (Å²) in [5.41, 5.74) is 0. The van der Waals surface area contributed by atoms with Crippen LogP contribution in [-0.4, -0.2) is 34.1 Å². The Kier molecular flexibility index (Phi) is 4.79. The van der Waals surface area contributed by atoms with E-state index in [1.807, 2.05) is 6.07 Å². The summed E-state index contributed by atoms with van der Waals surface area (Å²) in [6.07, 6.45) is -1.10. The average Bonchev–Trinajstić information content (AvgIpc) is 1.87. The molecule has 0 spiro atoms. The van der Waals surface area contributed by atoms with Crippen LogP contribution in [0.4, 0.5) is 0 Å². The first-order valence-electron chi connectivity index (χ1n) is 3.58. The molecule has 0 aromatic heterocycles. The molecule has 0 saturated carbocycles. The van der Waals surface area contributed by atoms with Crippen molar-refractivity contribution in [2.24, 2.45) is 0 Å². The van der Waals surface area contributed by atoms with E-state index in [0.29, 0.717) is 13.0 Å². The van der Waals surface area contributed by atoms with Gasteiger partial charge in [-0.2, -0.15) is 5.26 Å². The van der Waals surface area contributed by atoms with Crippen LogP contribution in [0.5, 0.6) is 0 Å². The maximum absolute atomic E-state index is 9.07. The van der Waals surface area contributed by atoms with Crippen molar-refractivity contribution in [3.8, 4) is 6.07 Å². The fraction of sp³-hybridized carbons (Fsp3) is 0.857. The second-order valence-electron chi connectivity index (χ2n) is 2.41. The van der Waals surface area contributed by atoms with Gasteiger partial charge < -0.3 is 10.2 Å². The van der Waals surface area contributed by atoms with Gasteiger partial charge in [0.15, 0.2) is 0 Å². The molecule has 0 aliphatic heterocycles. The Morgan fingerprint density at radius 1 is 1.36 bits per heavy atom. The number of hydrogen-bond donors (Lipinski definition) is 2. The summed E-state index contributed by atoms with van der Waals surface area (Å²) < 4.78 is 0. The van der Waals surface area contributed by atoms with E-state index in [2.05, 4.69) is 0 Å². The van der Waals surface area contributed by atoms with E-state index in [9.17, 15) is 0 Å². The topological polar surface area (TPSA) is 67.5 Å². The van der Waals surface area contributed by atoms with Crippen molar-refractivity contribution in [1.82, 2.24) is 4.90 Å². The number of aliphatic hydroxyl groups excluding tert-OH is 2. The Bertz CT molecular complexity index is 132. The molecule has 0 amide bonds. The average molecular weight is 158 g/mol. The van der Waals surface area contributed by atoms with Crippen LogP contribution in [-0.2, 0) is 0 Å². The van der Waals surface area contributed by atoms with Gasteiger partial charge in [0.1, 0.15) is 12.5 Å². The summed E-state index contributed by atoms with van der Waals surface area (Å²) in [6, 6.07) is 1.94. The smallest absolute Gasteiger partial charge is 0.106 e. The fourth-order valence-electron chi connectivity index (χ4n) is 0.865. The highest BCUT2D eigenvalue weighted by molar-refractivity contribution is 4.72. The van der Waals surface area contributed by atoms with E-state index in [4.69, 9.17) is 15.5 Å². The molecule has 4 nitrogen and oxygen atoms in total. The molecule has 11 heavy (non-hydrogen) atoms. The molecule has 0 aliphatic rings. The van der Waals surface area contributed by atoms with Gasteiger partial charge >= 0.3 is 0 Å². The number of hydrogen-bond acceptors (Lipinski definition) is 4. The van der Waals surface area contributed by atoms with Crippen molar-refractivity contribution in [3.05, 3.63) is 0 Å². The molecule has 0 rings (SSSR count). The first kappa shape index (κ1) is 10.4. The highest BCUT2D eigenvalue weighted by Crippen LogP contribution is 2.01. The van der Waals surface area contributed by atoms with Gasteiger partial charge in [0.25, 0.3) is 0 Å². The van der Waals surface area contributed by atoms with Crippen LogP contribution in [0.3, 0.4) is 0 Å². The third-order valence-corrected chi connectivity index (χ3v) is 1.44. The third-order valence-electron chi connectivity index (χ3n) is 1.44. The van der Waals surface area contributed by atoms with Crippen LogP contribution in [0.15, 0.2) is 0 Å². The number of aliphatic hydroxyl groups is 2. The highest BCUT2D eigenvalue weighted by Gasteiger charge is 2.14. The minimum Gasteiger partial charge on any atom is -0.379 e. The molecule has 0 aromatic rings. The summed E-state index contributed by atoms with van der Waals surface area (Å²) in [5.74, 6) is 0. The van der Waals surface area contributed by atoms with Crippen LogP contribution in [0.25, 0.3) is 0 Å². The molecular weight excluding hydrogens is 144 g/mol. The lowest BCUT2D eigenvalue weighted by Crippen LogP contribution is -2.40. The molecule has 0 fully saturated rings. The molecule has 2 N–H and O–H groups in total. The normalized spacial score (nSPS) is 16.0. The monoisotopic (exact) mass is 158 g/mol. The lowest BCUT2D eigenvalue weighted by Gasteiger charge is -2.26. The molecule has 0 aliphatic carbocycles. The van der Waals surface area contributed by atoms with Crippen molar-refractivity contribution in [2.45, 2.75) is 32.7 Å².